The summed E-state index contributed by atoms with van der Waals surface area (Å²) in [6.07, 6.45) is -5.32. The zero-order chi connectivity index (χ0) is 20.8. The topological polar surface area (TPSA) is 110 Å². The molecule has 4 rings (SSSR count). The molecule has 4 aromatic heterocycles. The highest BCUT2D eigenvalue weighted by Crippen LogP contribution is 2.32. The van der Waals surface area contributed by atoms with E-state index in [1.165, 1.54) is 23.1 Å². The molecule has 0 fully saturated rings. The quantitative estimate of drug-likeness (QED) is 0.494. The highest BCUT2D eigenvalue weighted by atomic mass is 19.4. The van der Waals surface area contributed by atoms with Gasteiger partial charge in [-0.15, -0.1) is 0 Å². The molecule has 0 aliphatic carbocycles. The van der Waals surface area contributed by atoms with Crippen molar-refractivity contribution in [2.75, 3.05) is 6.61 Å². The highest BCUT2D eigenvalue weighted by Gasteiger charge is 2.36. The number of halogens is 6. The van der Waals surface area contributed by atoms with Crippen LogP contribution in [0.4, 0.5) is 26.3 Å². The minimum Gasteiger partial charge on any atom is -0.468 e. The number of hydrogen-bond acceptors (Lipinski definition) is 6. The molecule has 0 bridgehead atoms. The number of nitrogens with one attached hydrogen (secondary N) is 2. The molecule has 0 aromatic carbocycles. The monoisotopic (exact) mass is 418 g/mol. The van der Waals surface area contributed by atoms with E-state index in [1.54, 1.807) is 5.10 Å². The Morgan fingerprint density at radius 2 is 1.86 bits per heavy atom. The Balaban J connectivity index is 1.82. The van der Waals surface area contributed by atoms with E-state index >= 15 is 0 Å². The lowest BCUT2D eigenvalue weighted by molar-refractivity contribution is -0.154. The molecule has 0 spiro atoms. The number of fused-ring (bicyclic) bond motifs is 1. The van der Waals surface area contributed by atoms with Gasteiger partial charge in [0.05, 0.1) is 18.2 Å². The molecule has 0 saturated carbocycles. The summed E-state index contributed by atoms with van der Waals surface area (Å²) < 4.78 is 81.4. The number of H-pyrrole nitrogens is 2. The fraction of sp³-hybridized carbons (Fsp3) is 0.214. The second kappa shape index (κ2) is 6.46. The molecule has 4 heterocycles. The molecule has 4 aromatic rings. The summed E-state index contributed by atoms with van der Waals surface area (Å²) in [5.74, 6) is -2.22. The third kappa shape index (κ3) is 3.70. The average molecular weight is 418 g/mol. The molecule has 0 saturated heterocycles. The van der Waals surface area contributed by atoms with E-state index in [4.69, 9.17) is 0 Å². The van der Waals surface area contributed by atoms with E-state index in [1.807, 2.05) is 0 Å². The lowest BCUT2D eigenvalue weighted by atomic mass is 10.2. The molecular formula is C14H8F6N8O. The molecule has 0 amide bonds. The third-order valence-electron chi connectivity index (χ3n) is 3.57. The summed E-state index contributed by atoms with van der Waals surface area (Å²) in [5, 5.41) is 5.31. The molecule has 152 valence electrons. The summed E-state index contributed by atoms with van der Waals surface area (Å²) in [6, 6.07) is 1.16. The summed E-state index contributed by atoms with van der Waals surface area (Å²) in [5.41, 5.74) is 0.457. The third-order valence-corrected chi connectivity index (χ3v) is 3.57. The van der Waals surface area contributed by atoms with Gasteiger partial charge in [0.1, 0.15) is 11.4 Å². The molecule has 0 radical (unpaired) electrons. The molecule has 0 unspecified atom stereocenters. The standard InChI is InChI=1S/C14H8F6N8O/c15-13(16,17)4-29-7-1-2-28-9(6-3-21-5-22-6)8(24-12(28)23-7)10-25-11(27-26-10)14(18,19)20/h1-3,5H,4H2,(H,21,22)(H,25,26,27). The van der Waals surface area contributed by atoms with Crippen LogP contribution in [0.15, 0.2) is 24.8 Å². The zero-order valence-electron chi connectivity index (χ0n) is 13.9. The Kier molecular flexibility index (Phi) is 4.16. The van der Waals surface area contributed by atoms with E-state index in [0.29, 0.717) is 5.69 Å². The van der Waals surface area contributed by atoms with Gasteiger partial charge in [-0.05, 0) is 0 Å². The Bertz CT molecular complexity index is 1140. The maximum absolute atomic E-state index is 12.8. The van der Waals surface area contributed by atoms with E-state index in [0.717, 1.165) is 6.07 Å². The first-order valence-electron chi connectivity index (χ1n) is 7.69. The lowest BCUT2D eigenvalue weighted by Gasteiger charge is -2.08. The van der Waals surface area contributed by atoms with Gasteiger partial charge in [0.15, 0.2) is 6.61 Å². The predicted octanol–water partition coefficient (Wildman–Crippen LogP) is 2.86. The first kappa shape index (κ1) is 18.7. The van der Waals surface area contributed by atoms with Gasteiger partial charge in [0.25, 0.3) is 0 Å². The molecule has 9 nitrogen and oxygen atoms in total. The van der Waals surface area contributed by atoms with Gasteiger partial charge in [0, 0.05) is 12.3 Å². The van der Waals surface area contributed by atoms with Gasteiger partial charge >= 0.3 is 12.4 Å². The zero-order valence-corrected chi connectivity index (χ0v) is 13.9. The van der Waals surface area contributed by atoms with Gasteiger partial charge in [0.2, 0.25) is 23.3 Å². The van der Waals surface area contributed by atoms with Crippen LogP contribution in [0.3, 0.4) is 0 Å². The second-order valence-corrected chi connectivity index (χ2v) is 5.62. The van der Waals surface area contributed by atoms with E-state index in [-0.39, 0.29) is 28.9 Å². The average Bonchev–Trinajstić information content (AvgIpc) is 3.35. The molecule has 0 aliphatic rings. The normalized spacial score (nSPS) is 12.6. The Morgan fingerprint density at radius 3 is 2.48 bits per heavy atom. The van der Waals surface area contributed by atoms with Crippen LogP contribution in [0.1, 0.15) is 5.82 Å². The lowest BCUT2D eigenvalue weighted by Crippen LogP contribution is -2.19. The van der Waals surface area contributed by atoms with Crippen LogP contribution in [0.5, 0.6) is 5.88 Å². The van der Waals surface area contributed by atoms with Crippen LogP contribution in [-0.2, 0) is 6.18 Å². The van der Waals surface area contributed by atoms with Crippen molar-refractivity contribution in [3.8, 4) is 28.8 Å². The van der Waals surface area contributed by atoms with Gasteiger partial charge < -0.3 is 9.72 Å². The minimum atomic E-state index is -4.75. The second-order valence-electron chi connectivity index (χ2n) is 5.62. The first-order chi connectivity index (χ1) is 13.6. The Morgan fingerprint density at radius 1 is 1.07 bits per heavy atom. The molecular weight excluding hydrogens is 410 g/mol. The number of nitrogens with zero attached hydrogens (tertiary/aromatic N) is 6. The molecule has 15 heteroatoms. The fourth-order valence-corrected chi connectivity index (χ4v) is 2.44. The van der Waals surface area contributed by atoms with Gasteiger partial charge in [-0.1, -0.05) is 0 Å². The number of aromatic nitrogens is 8. The van der Waals surface area contributed by atoms with Crippen molar-refractivity contribution in [2.45, 2.75) is 12.4 Å². The maximum Gasteiger partial charge on any atom is 0.451 e. The number of alkyl halides is 6. The van der Waals surface area contributed by atoms with Crippen molar-refractivity contribution in [3.63, 3.8) is 0 Å². The van der Waals surface area contributed by atoms with E-state index in [2.05, 4.69) is 34.8 Å². The number of aromatic amines is 2. The first-order valence-corrected chi connectivity index (χ1v) is 7.69. The fourth-order valence-electron chi connectivity index (χ4n) is 2.44. The molecule has 2 N–H and O–H groups in total. The Hall–Kier alpha value is -3.65. The van der Waals surface area contributed by atoms with Crippen molar-refractivity contribution in [2.24, 2.45) is 0 Å². The van der Waals surface area contributed by atoms with Gasteiger partial charge in [-0.3, -0.25) is 9.50 Å². The molecule has 0 atom stereocenters. The van der Waals surface area contributed by atoms with E-state index < -0.39 is 24.8 Å². The van der Waals surface area contributed by atoms with Crippen molar-refractivity contribution < 1.29 is 31.1 Å². The largest absolute Gasteiger partial charge is 0.468 e. The predicted molar refractivity (Wildman–Crippen MR) is 82.5 cm³/mol. The van der Waals surface area contributed by atoms with Crippen molar-refractivity contribution >= 4 is 5.78 Å². The van der Waals surface area contributed by atoms with Crippen LogP contribution >= 0.6 is 0 Å². The number of imidazole rings is 2. The maximum atomic E-state index is 12.8. The Labute approximate surface area is 155 Å². The summed E-state index contributed by atoms with van der Waals surface area (Å²) in [7, 11) is 0. The van der Waals surface area contributed by atoms with Gasteiger partial charge in [-0.25, -0.2) is 15.0 Å². The molecule has 0 aliphatic heterocycles. The van der Waals surface area contributed by atoms with E-state index in [9.17, 15) is 26.3 Å². The van der Waals surface area contributed by atoms with Crippen molar-refractivity contribution in [1.29, 1.82) is 0 Å². The van der Waals surface area contributed by atoms with Crippen molar-refractivity contribution in [3.05, 3.63) is 30.6 Å². The number of hydrogen-bond donors (Lipinski definition) is 2. The van der Waals surface area contributed by atoms with Crippen LogP contribution in [0, 0.1) is 0 Å². The minimum absolute atomic E-state index is 0.0959. The van der Waals surface area contributed by atoms with Crippen LogP contribution in [0.2, 0.25) is 0 Å². The summed E-state index contributed by atoms with van der Waals surface area (Å²) >= 11 is 0. The number of rotatable bonds is 4. The number of ether oxygens (including phenoxy) is 1. The summed E-state index contributed by atoms with van der Waals surface area (Å²) in [4.78, 5) is 17.9. The van der Waals surface area contributed by atoms with Crippen molar-refractivity contribution in [1.82, 2.24) is 39.5 Å². The van der Waals surface area contributed by atoms with Crippen LogP contribution in [0.25, 0.3) is 28.7 Å². The van der Waals surface area contributed by atoms with Gasteiger partial charge in [-0.2, -0.15) is 36.4 Å². The SMILES string of the molecule is FC(F)(F)COc1ccn2c(-c3cnc[nH]3)c(-c3n[nH]c(C(F)(F)F)n3)nc2n1. The van der Waals surface area contributed by atoms with Crippen LogP contribution < -0.4 is 4.74 Å². The molecule has 29 heavy (non-hydrogen) atoms. The smallest absolute Gasteiger partial charge is 0.451 e. The van der Waals surface area contributed by atoms with Crippen LogP contribution in [-0.4, -0.2) is 52.3 Å². The highest BCUT2D eigenvalue weighted by molar-refractivity contribution is 5.76. The summed E-state index contributed by atoms with van der Waals surface area (Å²) in [6.45, 7) is -1.56.